The Bertz CT molecular complexity index is 579. The summed E-state index contributed by atoms with van der Waals surface area (Å²) in [6, 6.07) is 4.12. The molecule has 0 aromatic heterocycles. The van der Waals surface area contributed by atoms with E-state index in [-0.39, 0.29) is 11.5 Å². The third kappa shape index (κ3) is 4.15. The van der Waals surface area contributed by atoms with Crippen LogP contribution in [0.3, 0.4) is 0 Å². The number of carboxylic acids is 1. The molecule has 0 spiro atoms. The minimum Gasteiger partial charge on any atom is -0.478 e. The zero-order chi connectivity index (χ0) is 15.4. The van der Waals surface area contributed by atoms with E-state index in [2.05, 4.69) is 0 Å². The van der Waals surface area contributed by atoms with Crippen LogP contribution in [0.15, 0.2) is 24.3 Å². The quantitative estimate of drug-likeness (QED) is 0.820. The summed E-state index contributed by atoms with van der Waals surface area (Å²) < 4.78 is 13.9. The Morgan fingerprint density at radius 1 is 1.43 bits per heavy atom. The Morgan fingerprint density at radius 2 is 2.14 bits per heavy atom. The van der Waals surface area contributed by atoms with Crippen molar-refractivity contribution in [1.82, 2.24) is 4.90 Å². The molecule has 0 aliphatic heterocycles. The lowest BCUT2D eigenvalue weighted by Crippen LogP contribution is -2.32. The minimum atomic E-state index is -1.14. The van der Waals surface area contributed by atoms with Gasteiger partial charge in [0, 0.05) is 30.3 Å². The molecule has 1 aliphatic carbocycles. The van der Waals surface area contributed by atoms with Crippen molar-refractivity contribution in [3.05, 3.63) is 41.2 Å². The van der Waals surface area contributed by atoms with Gasteiger partial charge in [-0.25, -0.2) is 9.18 Å². The van der Waals surface area contributed by atoms with E-state index in [0.717, 1.165) is 25.5 Å². The third-order valence-electron chi connectivity index (χ3n) is 3.50. The van der Waals surface area contributed by atoms with Crippen LogP contribution < -0.4 is 0 Å². The van der Waals surface area contributed by atoms with Crippen LogP contribution >= 0.6 is 0 Å². The first-order valence-corrected chi connectivity index (χ1v) is 7.01. The van der Waals surface area contributed by atoms with Gasteiger partial charge in [0.2, 0.25) is 0 Å². The van der Waals surface area contributed by atoms with E-state index in [9.17, 15) is 14.0 Å². The number of halogens is 1. The predicted octanol–water partition coefficient (Wildman–Crippen LogP) is 2.80. The number of hydrogen-bond donors (Lipinski definition) is 1. The van der Waals surface area contributed by atoms with Crippen LogP contribution in [-0.2, 0) is 4.79 Å². The lowest BCUT2D eigenvalue weighted by molar-refractivity contribution is -0.131. The molecule has 2 rings (SSSR count). The van der Waals surface area contributed by atoms with Gasteiger partial charge < -0.3 is 10.0 Å². The number of carbonyl (C=O) groups is 2. The number of carbonyl (C=O) groups excluding carboxylic acids is 1. The minimum absolute atomic E-state index is 0.152. The number of carboxylic acid groups (broad SMARTS) is 1. The van der Waals surface area contributed by atoms with Gasteiger partial charge in [-0.15, -0.1) is 0 Å². The van der Waals surface area contributed by atoms with Gasteiger partial charge in [0.05, 0.1) is 0 Å². The van der Waals surface area contributed by atoms with Crippen LogP contribution in [0.2, 0.25) is 0 Å². The molecule has 0 bridgehead atoms. The molecule has 0 saturated heterocycles. The summed E-state index contributed by atoms with van der Waals surface area (Å²) in [4.78, 5) is 24.5. The highest BCUT2D eigenvalue weighted by molar-refractivity contribution is 5.94. The number of benzene rings is 1. The Kier molecular flexibility index (Phi) is 4.73. The summed E-state index contributed by atoms with van der Waals surface area (Å²) in [6.45, 7) is 3.22. The van der Waals surface area contributed by atoms with Crippen molar-refractivity contribution in [3.8, 4) is 0 Å². The molecule has 4 nitrogen and oxygen atoms in total. The Balaban J connectivity index is 2.14. The fourth-order valence-electron chi connectivity index (χ4n) is 2.11. The Hall–Kier alpha value is -2.17. The second-order valence-corrected chi connectivity index (χ2v) is 5.20. The van der Waals surface area contributed by atoms with Crippen LogP contribution in [0.25, 0.3) is 6.08 Å². The predicted molar refractivity (Wildman–Crippen MR) is 77.4 cm³/mol. The van der Waals surface area contributed by atoms with E-state index in [1.54, 1.807) is 4.90 Å². The van der Waals surface area contributed by atoms with Crippen LogP contribution in [0.1, 0.15) is 35.7 Å². The number of hydrogen-bond acceptors (Lipinski definition) is 2. The van der Waals surface area contributed by atoms with E-state index in [1.165, 1.54) is 24.3 Å². The molecule has 0 radical (unpaired) electrons. The second kappa shape index (κ2) is 6.52. The summed E-state index contributed by atoms with van der Waals surface area (Å²) in [5.41, 5.74) is 0.446. The molecule has 1 fully saturated rings. The van der Waals surface area contributed by atoms with E-state index in [1.807, 2.05) is 6.92 Å². The molecular formula is C16H18FNO3. The topological polar surface area (TPSA) is 57.6 Å². The summed E-state index contributed by atoms with van der Waals surface area (Å²) in [5, 5.41) is 8.53. The maximum absolute atomic E-state index is 13.9. The van der Waals surface area contributed by atoms with Crippen LogP contribution in [0.4, 0.5) is 4.39 Å². The fourth-order valence-corrected chi connectivity index (χ4v) is 2.11. The standard InChI is InChI=1S/C16H18FNO3/c1-2-18(10-11-3-4-11)16(21)13-6-5-12(14(17)9-13)7-8-15(19)20/h5-9,11H,2-4,10H2,1H3,(H,19,20). The number of nitrogens with zero attached hydrogens (tertiary/aromatic N) is 1. The van der Waals surface area contributed by atoms with E-state index in [0.29, 0.717) is 18.0 Å². The number of aliphatic carboxylic acids is 1. The van der Waals surface area contributed by atoms with Gasteiger partial charge in [0.25, 0.3) is 5.91 Å². The molecule has 1 aromatic rings. The smallest absolute Gasteiger partial charge is 0.328 e. The first-order chi connectivity index (χ1) is 10.0. The maximum atomic E-state index is 13.9. The van der Waals surface area contributed by atoms with Crippen molar-refractivity contribution in [2.45, 2.75) is 19.8 Å². The van der Waals surface area contributed by atoms with Crippen molar-refractivity contribution in [1.29, 1.82) is 0 Å². The lowest BCUT2D eigenvalue weighted by atomic mass is 10.1. The van der Waals surface area contributed by atoms with Crippen LogP contribution in [0.5, 0.6) is 0 Å². The fraction of sp³-hybridized carbons (Fsp3) is 0.375. The van der Waals surface area contributed by atoms with Crippen molar-refractivity contribution >= 4 is 18.0 Å². The first-order valence-electron chi connectivity index (χ1n) is 7.01. The molecule has 1 saturated carbocycles. The Labute approximate surface area is 122 Å². The zero-order valence-corrected chi connectivity index (χ0v) is 11.9. The van der Waals surface area contributed by atoms with Gasteiger partial charge in [-0.2, -0.15) is 0 Å². The summed E-state index contributed by atoms with van der Waals surface area (Å²) in [7, 11) is 0. The highest BCUT2D eigenvalue weighted by atomic mass is 19.1. The van der Waals surface area contributed by atoms with Gasteiger partial charge in [-0.3, -0.25) is 4.79 Å². The van der Waals surface area contributed by atoms with Gasteiger partial charge >= 0.3 is 5.97 Å². The monoisotopic (exact) mass is 291 g/mol. The molecule has 0 unspecified atom stereocenters. The van der Waals surface area contributed by atoms with Crippen molar-refractivity contribution in [2.24, 2.45) is 5.92 Å². The SMILES string of the molecule is CCN(CC1CC1)C(=O)c1ccc(C=CC(=O)O)c(F)c1. The molecule has 1 amide bonds. The highest BCUT2D eigenvalue weighted by Gasteiger charge is 2.26. The summed E-state index contributed by atoms with van der Waals surface area (Å²) >= 11 is 0. The van der Waals surface area contributed by atoms with Crippen molar-refractivity contribution in [2.75, 3.05) is 13.1 Å². The molecular weight excluding hydrogens is 273 g/mol. The van der Waals surface area contributed by atoms with E-state index < -0.39 is 11.8 Å². The summed E-state index contributed by atoms with van der Waals surface area (Å²) in [6.07, 6.45) is 4.34. The lowest BCUT2D eigenvalue weighted by Gasteiger charge is -2.20. The Morgan fingerprint density at radius 3 is 2.67 bits per heavy atom. The molecule has 1 N–H and O–H groups in total. The molecule has 5 heteroatoms. The maximum Gasteiger partial charge on any atom is 0.328 e. The van der Waals surface area contributed by atoms with Crippen LogP contribution in [-0.4, -0.2) is 35.0 Å². The average Bonchev–Trinajstić information content (AvgIpc) is 3.26. The number of rotatable bonds is 6. The highest BCUT2D eigenvalue weighted by Crippen LogP contribution is 2.30. The average molecular weight is 291 g/mol. The van der Waals surface area contributed by atoms with Gasteiger partial charge in [-0.1, -0.05) is 6.07 Å². The molecule has 21 heavy (non-hydrogen) atoms. The molecule has 0 heterocycles. The second-order valence-electron chi connectivity index (χ2n) is 5.20. The van der Waals surface area contributed by atoms with Crippen molar-refractivity contribution < 1.29 is 19.1 Å². The third-order valence-corrected chi connectivity index (χ3v) is 3.50. The van der Waals surface area contributed by atoms with Gasteiger partial charge in [0.1, 0.15) is 5.82 Å². The largest absolute Gasteiger partial charge is 0.478 e. The van der Waals surface area contributed by atoms with Gasteiger partial charge in [-0.05, 0) is 43.9 Å². The first kappa shape index (κ1) is 15.2. The number of amides is 1. The summed E-state index contributed by atoms with van der Waals surface area (Å²) in [5.74, 6) is -1.34. The normalized spacial score (nSPS) is 14.4. The van der Waals surface area contributed by atoms with E-state index >= 15 is 0 Å². The van der Waals surface area contributed by atoms with Gasteiger partial charge in [0.15, 0.2) is 0 Å². The van der Waals surface area contributed by atoms with E-state index in [4.69, 9.17) is 5.11 Å². The molecule has 1 aliphatic rings. The molecule has 1 aromatic carbocycles. The molecule has 112 valence electrons. The van der Waals surface area contributed by atoms with Crippen LogP contribution in [0, 0.1) is 11.7 Å². The molecule has 0 atom stereocenters. The zero-order valence-electron chi connectivity index (χ0n) is 11.9. The van der Waals surface area contributed by atoms with Crippen molar-refractivity contribution in [3.63, 3.8) is 0 Å².